The van der Waals surface area contributed by atoms with Gasteiger partial charge in [0.2, 0.25) is 5.43 Å². The maximum absolute atomic E-state index is 15.4. The number of aliphatic hydroxyl groups is 1. The number of ether oxygens (including phenoxy) is 2. The molecule has 1 saturated heterocycles. The highest BCUT2D eigenvalue weighted by molar-refractivity contribution is 5.97. The number of carboxylic acid groups (broad SMARTS) is 1. The van der Waals surface area contributed by atoms with Crippen LogP contribution in [0.5, 0.6) is 5.75 Å². The Labute approximate surface area is 189 Å². The van der Waals surface area contributed by atoms with Gasteiger partial charge < -0.3 is 29.2 Å². The van der Waals surface area contributed by atoms with Gasteiger partial charge in [0, 0.05) is 25.3 Å². The van der Waals surface area contributed by atoms with Gasteiger partial charge in [-0.2, -0.15) is 0 Å². The molecule has 2 fully saturated rings. The maximum atomic E-state index is 15.4. The largest absolute Gasteiger partial charge is 0.492 e. The van der Waals surface area contributed by atoms with E-state index in [9.17, 15) is 24.6 Å². The highest BCUT2D eigenvalue weighted by Gasteiger charge is 2.37. The van der Waals surface area contributed by atoms with E-state index in [-0.39, 0.29) is 61.8 Å². The van der Waals surface area contributed by atoms with Crippen molar-refractivity contribution in [3.05, 3.63) is 33.9 Å². The number of piperidine rings is 1. The minimum absolute atomic E-state index is 0.00874. The number of rotatable bonds is 7. The molecule has 1 aliphatic carbocycles. The fourth-order valence-electron chi connectivity index (χ4n) is 4.53. The van der Waals surface area contributed by atoms with Crippen molar-refractivity contribution in [1.29, 1.82) is 0 Å². The molecule has 9 nitrogen and oxygen atoms in total. The Bertz CT molecular complexity index is 1160. The number of carbonyl (C=O) groups excluding carboxylic acids is 1. The zero-order chi connectivity index (χ0) is 23.9. The van der Waals surface area contributed by atoms with Crippen LogP contribution in [0.25, 0.3) is 10.9 Å². The number of hydrogen-bond donors (Lipinski definition) is 2. The average molecular weight is 462 g/mol. The Morgan fingerprint density at radius 1 is 1.27 bits per heavy atom. The van der Waals surface area contributed by atoms with E-state index in [0.717, 1.165) is 18.9 Å². The quantitative estimate of drug-likeness (QED) is 0.603. The number of nitrogens with zero attached hydrogens (tertiary/aromatic N) is 2. The van der Waals surface area contributed by atoms with Gasteiger partial charge in [-0.3, -0.25) is 9.59 Å². The van der Waals surface area contributed by atoms with Crippen LogP contribution < -0.4 is 15.1 Å². The van der Waals surface area contributed by atoms with Crippen molar-refractivity contribution in [3.63, 3.8) is 0 Å². The smallest absolute Gasteiger partial charge is 0.341 e. The summed E-state index contributed by atoms with van der Waals surface area (Å²) in [5, 5.41) is 20.2. The number of benzene rings is 1. The molecule has 1 aliphatic heterocycles. The summed E-state index contributed by atoms with van der Waals surface area (Å²) in [4.78, 5) is 38.0. The third kappa shape index (κ3) is 4.27. The number of hydrogen-bond acceptors (Lipinski definition) is 7. The molecular weight excluding hydrogens is 435 g/mol. The van der Waals surface area contributed by atoms with Crippen molar-refractivity contribution in [2.24, 2.45) is 0 Å². The van der Waals surface area contributed by atoms with E-state index < -0.39 is 34.3 Å². The van der Waals surface area contributed by atoms with E-state index in [0.29, 0.717) is 5.52 Å². The Hall–Kier alpha value is -3.14. The Morgan fingerprint density at radius 2 is 1.94 bits per heavy atom. The SMILES string of the molecule is CCOC(=O)CC1(O)CCN(c2c(F)cc3c(=O)c(C(=O)O)cn(C4CC4)c3c2OC)CC1. The Balaban J connectivity index is 1.75. The van der Waals surface area contributed by atoms with Gasteiger partial charge in [-0.25, -0.2) is 9.18 Å². The number of aromatic nitrogens is 1. The first-order valence-electron chi connectivity index (χ1n) is 11.0. The molecular formula is C23H27FN2O7. The maximum Gasteiger partial charge on any atom is 0.341 e. The van der Waals surface area contributed by atoms with Crippen LogP contribution in [0.4, 0.5) is 10.1 Å². The second kappa shape index (κ2) is 8.66. The molecule has 178 valence electrons. The van der Waals surface area contributed by atoms with Gasteiger partial charge in [-0.1, -0.05) is 0 Å². The lowest BCUT2D eigenvalue weighted by Gasteiger charge is -2.39. The molecule has 0 unspecified atom stereocenters. The number of esters is 1. The first-order valence-corrected chi connectivity index (χ1v) is 11.0. The van der Waals surface area contributed by atoms with Gasteiger partial charge in [0.05, 0.1) is 36.6 Å². The summed E-state index contributed by atoms with van der Waals surface area (Å²) in [5.74, 6) is -2.40. The molecule has 0 bridgehead atoms. The Morgan fingerprint density at radius 3 is 2.48 bits per heavy atom. The predicted octanol–water partition coefficient (Wildman–Crippen LogP) is 2.47. The molecule has 0 amide bonds. The van der Waals surface area contributed by atoms with Gasteiger partial charge in [0.1, 0.15) is 11.3 Å². The van der Waals surface area contributed by atoms with Gasteiger partial charge >= 0.3 is 11.9 Å². The lowest BCUT2D eigenvalue weighted by molar-refractivity contribution is -0.149. The molecule has 1 aromatic carbocycles. The number of pyridine rings is 1. The second-order valence-corrected chi connectivity index (χ2v) is 8.65. The van der Waals surface area contributed by atoms with Crippen LogP contribution in [0.2, 0.25) is 0 Å². The summed E-state index contributed by atoms with van der Waals surface area (Å²) >= 11 is 0. The summed E-state index contributed by atoms with van der Waals surface area (Å²) in [7, 11) is 1.38. The van der Waals surface area contributed by atoms with E-state index in [1.54, 1.807) is 16.4 Å². The highest BCUT2D eigenvalue weighted by atomic mass is 19.1. The number of fused-ring (bicyclic) bond motifs is 1. The van der Waals surface area contributed by atoms with Gasteiger partial charge in [-0.15, -0.1) is 0 Å². The molecule has 2 aliphatic rings. The molecule has 2 heterocycles. The number of anilines is 1. The second-order valence-electron chi connectivity index (χ2n) is 8.65. The number of halogens is 1. The van der Waals surface area contributed by atoms with Crippen LogP contribution in [-0.4, -0.2) is 59.1 Å². The van der Waals surface area contributed by atoms with Gasteiger partial charge in [0.15, 0.2) is 11.6 Å². The molecule has 1 aromatic heterocycles. The third-order valence-electron chi connectivity index (χ3n) is 6.36. The normalized spacial score (nSPS) is 17.8. The Kier molecular flexibility index (Phi) is 6.04. The van der Waals surface area contributed by atoms with E-state index in [4.69, 9.17) is 9.47 Å². The summed E-state index contributed by atoms with van der Waals surface area (Å²) in [5.41, 5.74) is -1.90. The number of carbonyl (C=O) groups is 2. The van der Waals surface area contributed by atoms with E-state index in [1.165, 1.54) is 13.3 Å². The number of methoxy groups -OCH3 is 1. The van der Waals surface area contributed by atoms with Crippen LogP contribution in [0, 0.1) is 5.82 Å². The number of aromatic carboxylic acids is 1. The zero-order valence-electron chi connectivity index (χ0n) is 18.6. The first-order chi connectivity index (χ1) is 15.7. The topological polar surface area (TPSA) is 118 Å². The predicted molar refractivity (Wildman–Crippen MR) is 118 cm³/mol. The summed E-state index contributed by atoms with van der Waals surface area (Å²) < 4.78 is 27.6. The molecule has 0 spiro atoms. The molecule has 2 N–H and O–H groups in total. The van der Waals surface area contributed by atoms with Crippen LogP contribution in [0.1, 0.15) is 55.4 Å². The zero-order valence-corrected chi connectivity index (χ0v) is 18.6. The molecule has 33 heavy (non-hydrogen) atoms. The van der Waals surface area contributed by atoms with Crippen molar-refractivity contribution in [3.8, 4) is 5.75 Å². The minimum atomic E-state index is -1.36. The molecule has 1 saturated carbocycles. The molecule has 2 aromatic rings. The molecule has 0 atom stereocenters. The summed E-state index contributed by atoms with van der Waals surface area (Å²) in [6.07, 6.45) is 3.25. The summed E-state index contributed by atoms with van der Waals surface area (Å²) in [6, 6.07) is 1.08. The highest BCUT2D eigenvalue weighted by Crippen LogP contribution is 2.44. The lowest BCUT2D eigenvalue weighted by Crippen LogP contribution is -2.46. The minimum Gasteiger partial charge on any atom is -0.492 e. The summed E-state index contributed by atoms with van der Waals surface area (Å²) in [6.45, 7) is 2.44. The standard InChI is InChI=1S/C23H27FN2O7/c1-3-33-17(27)11-23(31)6-8-25(9-7-23)19-16(24)10-14-18(21(19)32-2)26(13-4-5-13)12-15(20(14)28)22(29)30/h10,12-13,31H,3-9,11H2,1-2H3,(H,29,30). The van der Waals surface area contributed by atoms with Gasteiger partial charge in [-0.05, 0) is 38.7 Å². The average Bonchev–Trinajstić information content (AvgIpc) is 3.59. The van der Waals surface area contributed by atoms with Crippen LogP contribution >= 0.6 is 0 Å². The fraction of sp³-hybridized carbons (Fsp3) is 0.522. The third-order valence-corrected chi connectivity index (χ3v) is 6.36. The lowest BCUT2D eigenvalue weighted by atomic mass is 9.88. The van der Waals surface area contributed by atoms with E-state index in [2.05, 4.69) is 0 Å². The first kappa shape index (κ1) is 23.0. The van der Waals surface area contributed by atoms with Crippen LogP contribution in [-0.2, 0) is 9.53 Å². The van der Waals surface area contributed by atoms with Crippen LogP contribution in [0.3, 0.4) is 0 Å². The molecule has 0 radical (unpaired) electrons. The van der Waals surface area contributed by atoms with E-state index >= 15 is 4.39 Å². The van der Waals surface area contributed by atoms with E-state index in [1.807, 2.05) is 0 Å². The number of carboxylic acids is 1. The van der Waals surface area contributed by atoms with Crippen molar-refractivity contribution < 1.29 is 33.7 Å². The van der Waals surface area contributed by atoms with Crippen molar-refractivity contribution in [1.82, 2.24) is 4.57 Å². The monoisotopic (exact) mass is 462 g/mol. The van der Waals surface area contributed by atoms with Crippen molar-refractivity contribution in [2.75, 3.05) is 31.7 Å². The molecule has 4 rings (SSSR count). The van der Waals surface area contributed by atoms with Gasteiger partial charge in [0.25, 0.3) is 0 Å². The van der Waals surface area contributed by atoms with Crippen molar-refractivity contribution >= 4 is 28.5 Å². The van der Waals surface area contributed by atoms with Crippen molar-refractivity contribution in [2.45, 2.75) is 50.7 Å². The van der Waals surface area contributed by atoms with Crippen LogP contribution in [0.15, 0.2) is 17.1 Å². The molecule has 10 heteroatoms. The fourth-order valence-corrected chi connectivity index (χ4v) is 4.53.